The first kappa shape index (κ1) is 39.6. The molecule has 0 aromatic carbocycles. The van der Waals surface area contributed by atoms with Gasteiger partial charge in [-0.05, 0) is 71.1 Å². The molecule has 5 rings (SSSR count). The Morgan fingerprint density at radius 2 is 1.76 bits per heavy atom. The van der Waals surface area contributed by atoms with Crippen LogP contribution in [0.5, 0.6) is 0 Å². The van der Waals surface area contributed by atoms with E-state index in [0.717, 1.165) is 0 Å². The van der Waals surface area contributed by atoms with Crippen LogP contribution in [0.3, 0.4) is 0 Å². The fourth-order valence-electron chi connectivity index (χ4n) is 9.54. The number of amides is 1. The normalized spacial score (nSPS) is 40.1. The Bertz CT molecular complexity index is 1430. The van der Waals surface area contributed by atoms with Crippen molar-refractivity contribution >= 4 is 18.0 Å². The molecule has 2 aliphatic heterocycles. The van der Waals surface area contributed by atoms with Crippen LogP contribution in [0.4, 0.5) is 4.79 Å². The van der Waals surface area contributed by atoms with Gasteiger partial charge in [-0.25, -0.2) is 9.59 Å². The van der Waals surface area contributed by atoms with Crippen LogP contribution >= 0.6 is 0 Å². The average molecular weight is 724 g/mol. The maximum atomic E-state index is 13.8. The Morgan fingerprint density at radius 1 is 1.12 bits per heavy atom. The Hall–Kier alpha value is -2.59. The number of nitrogens with one attached hydrogen (secondary N) is 1. The highest BCUT2D eigenvalue weighted by atomic mass is 16.7. The van der Waals surface area contributed by atoms with Gasteiger partial charge in [0.2, 0.25) is 0 Å². The predicted octanol–water partition coefficient (Wildman–Crippen LogP) is 2.43. The van der Waals surface area contributed by atoms with E-state index in [1.54, 1.807) is 27.7 Å². The molecular weight excluding hydrogens is 666 g/mol. The molecule has 14 heteroatoms. The number of aliphatic hydroxyl groups is 4. The van der Waals surface area contributed by atoms with Gasteiger partial charge in [0.25, 0.3) is 0 Å². The van der Waals surface area contributed by atoms with Crippen LogP contribution in [0.15, 0.2) is 23.8 Å². The molecule has 5 aliphatic rings. The molecule has 3 aliphatic carbocycles. The van der Waals surface area contributed by atoms with E-state index < -0.39 is 107 Å². The first-order valence-electron chi connectivity index (χ1n) is 17.9. The third-order valence-corrected chi connectivity index (χ3v) is 11.8. The number of hydrogen-bond acceptors (Lipinski definition) is 13. The van der Waals surface area contributed by atoms with Crippen LogP contribution in [-0.2, 0) is 38.0 Å². The molecule has 0 radical (unpaired) electrons. The zero-order valence-electron chi connectivity index (χ0n) is 31.4. The zero-order chi connectivity index (χ0) is 38.2. The molecule has 2 saturated heterocycles. The van der Waals surface area contributed by atoms with Crippen LogP contribution in [-0.4, -0.2) is 117 Å². The summed E-state index contributed by atoms with van der Waals surface area (Å²) in [6, 6.07) is -1.06. The van der Waals surface area contributed by atoms with Gasteiger partial charge in [0.15, 0.2) is 18.5 Å². The summed E-state index contributed by atoms with van der Waals surface area (Å²) in [6.07, 6.45) is -8.04. The SMILES string of the molecule is C=CC1O[C@H]2C[C@H]3OC[C@@]3(O)[C@H]3[C@H](O)[C@]4(C(C)(C)O)C[C@H](OC(=O)C(O)[C@H](CC(C)C)NC(=O)OC(C)(C)C)C(C)=C4[C@H](OC(C)=O)[C@H](O1)[C@]23C. The number of hydrogen-bond donors (Lipinski definition) is 5. The van der Waals surface area contributed by atoms with Crippen molar-refractivity contribution < 1.29 is 63.2 Å². The molecule has 4 fully saturated rings. The number of fused-ring (bicyclic) bond motifs is 3. The lowest BCUT2D eigenvalue weighted by Crippen LogP contribution is -2.79. The largest absolute Gasteiger partial charge is 0.456 e. The molecule has 288 valence electrons. The predicted molar refractivity (Wildman–Crippen MR) is 181 cm³/mol. The van der Waals surface area contributed by atoms with Gasteiger partial charge in [-0.2, -0.15) is 0 Å². The number of carbonyl (C=O) groups is 3. The van der Waals surface area contributed by atoms with Gasteiger partial charge in [-0.15, -0.1) is 0 Å². The molecule has 14 nitrogen and oxygen atoms in total. The number of alkyl carbamates (subject to hydrolysis) is 1. The molecule has 0 aromatic heterocycles. The third kappa shape index (κ3) is 6.52. The Kier molecular flexibility index (Phi) is 10.4. The van der Waals surface area contributed by atoms with Crippen molar-refractivity contribution in [1.82, 2.24) is 5.32 Å². The standard InChI is InChI=1S/C37H57NO13/c1-12-24-49-22-14-23-37(45,16-46-23)28-29(41)36(34(9,10)44)15-21(18(4)25(36)27(47-19(5)39)30(50-24)35(22,28)11)48-31(42)26(40)20(13-17(2)3)38-32(43)51-33(6,7)8/h12,17,20-24,26-30,40-41,44-45H,1,13-16H2,2-11H3,(H,38,43)/t20-,21-,22-,23+,24?,26?,27-,28-,29-,30-,35+,36-,37-/m0/s1. The summed E-state index contributed by atoms with van der Waals surface area (Å²) in [5, 5.41) is 51.2. The second-order valence-electron chi connectivity index (χ2n) is 17.2. The first-order valence-corrected chi connectivity index (χ1v) is 17.9. The second kappa shape index (κ2) is 13.4. The molecule has 13 atom stereocenters. The molecule has 2 heterocycles. The summed E-state index contributed by atoms with van der Waals surface area (Å²) in [4.78, 5) is 39.4. The summed E-state index contributed by atoms with van der Waals surface area (Å²) >= 11 is 0. The van der Waals surface area contributed by atoms with Crippen molar-refractivity contribution in [1.29, 1.82) is 0 Å². The van der Waals surface area contributed by atoms with Crippen molar-refractivity contribution in [2.45, 2.75) is 160 Å². The molecule has 51 heavy (non-hydrogen) atoms. The lowest BCUT2D eigenvalue weighted by molar-refractivity contribution is -0.392. The fraction of sp³-hybridized carbons (Fsp3) is 0.811. The highest BCUT2D eigenvalue weighted by Gasteiger charge is 2.78. The lowest BCUT2D eigenvalue weighted by atomic mass is 9.49. The van der Waals surface area contributed by atoms with Crippen molar-refractivity contribution in [2.75, 3.05) is 6.61 Å². The van der Waals surface area contributed by atoms with Gasteiger partial charge in [-0.3, -0.25) is 4.79 Å². The summed E-state index contributed by atoms with van der Waals surface area (Å²) in [6.45, 7) is 20.3. The monoisotopic (exact) mass is 723 g/mol. The topological polar surface area (TPSA) is 200 Å². The lowest BCUT2D eigenvalue weighted by Gasteiger charge is -2.66. The van der Waals surface area contributed by atoms with Gasteiger partial charge in [0, 0.05) is 31.1 Å². The minimum atomic E-state index is -1.81. The van der Waals surface area contributed by atoms with Crippen molar-refractivity contribution in [3.05, 3.63) is 23.8 Å². The van der Waals surface area contributed by atoms with Crippen LogP contribution < -0.4 is 5.32 Å². The molecule has 1 amide bonds. The summed E-state index contributed by atoms with van der Waals surface area (Å²) < 4.78 is 36.1. The molecule has 2 saturated carbocycles. The summed E-state index contributed by atoms with van der Waals surface area (Å²) in [5.74, 6) is -2.79. The van der Waals surface area contributed by atoms with Gasteiger partial charge in [-0.1, -0.05) is 27.4 Å². The number of esters is 2. The van der Waals surface area contributed by atoms with Crippen LogP contribution in [0.1, 0.15) is 88.5 Å². The molecule has 0 bridgehead atoms. The van der Waals surface area contributed by atoms with Crippen molar-refractivity contribution in [3.8, 4) is 0 Å². The van der Waals surface area contributed by atoms with E-state index in [0.29, 0.717) is 11.1 Å². The first-order chi connectivity index (χ1) is 23.4. The van der Waals surface area contributed by atoms with E-state index in [-0.39, 0.29) is 31.8 Å². The molecule has 2 unspecified atom stereocenters. The maximum absolute atomic E-state index is 13.8. The quantitative estimate of drug-likeness (QED) is 0.132. The highest BCUT2D eigenvalue weighted by molar-refractivity contribution is 5.77. The van der Waals surface area contributed by atoms with Crippen molar-refractivity contribution in [2.24, 2.45) is 22.7 Å². The Morgan fingerprint density at radius 3 is 2.27 bits per heavy atom. The molecule has 0 aromatic rings. The third-order valence-electron chi connectivity index (χ3n) is 11.8. The molecule has 5 N–H and O–H groups in total. The van der Waals surface area contributed by atoms with Gasteiger partial charge in [0.05, 0.1) is 42.0 Å². The van der Waals surface area contributed by atoms with E-state index in [4.69, 9.17) is 28.4 Å². The number of ether oxygens (including phenoxy) is 6. The van der Waals surface area contributed by atoms with Crippen molar-refractivity contribution in [3.63, 3.8) is 0 Å². The minimum Gasteiger partial charge on any atom is -0.456 e. The average Bonchev–Trinajstić information content (AvgIpc) is 3.25. The van der Waals surface area contributed by atoms with Gasteiger partial charge in [0.1, 0.15) is 23.4 Å². The summed E-state index contributed by atoms with van der Waals surface area (Å²) in [5.41, 5.74) is -6.36. The smallest absolute Gasteiger partial charge is 0.407 e. The second-order valence-corrected chi connectivity index (χ2v) is 17.2. The highest BCUT2D eigenvalue weighted by Crippen LogP contribution is 2.68. The number of rotatable bonds is 9. The number of carbonyl (C=O) groups excluding carboxylic acids is 3. The van der Waals surface area contributed by atoms with E-state index in [1.807, 2.05) is 20.8 Å². The molecule has 0 spiro atoms. The Labute approximate surface area is 299 Å². The zero-order valence-corrected chi connectivity index (χ0v) is 31.4. The van der Waals surface area contributed by atoms with E-state index >= 15 is 0 Å². The van der Waals surface area contributed by atoms with Crippen LogP contribution in [0.2, 0.25) is 0 Å². The van der Waals surface area contributed by atoms with E-state index in [9.17, 15) is 34.8 Å². The number of aliphatic hydroxyl groups excluding tert-OH is 2. The van der Waals surface area contributed by atoms with Crippen LogP contribution in [0, 0.1) is 22.7 Å². The fourth-order valence-corrected chi connectivity index (χ4v) is 9.54. The summed E-state index contributed by atoms with van der Waals surface area (Å²) in [7, 11) is 0. The van der Waals surface area contributed by atoms with Crippen LogP contribution in [0.25, 0.3) is 0 Å². The maximum Gasteiger partial charge on any atom is 0.407 e. The van der Waals surface area contributed by atoms with E-state index in [1.165, 1.54) is 26.8 Å². The molecular formula is C37H57NO13. The van der Waals surface area contributed by atoms with Gasteiger partial charge >= 0.3 is 18.0 Å². The van der Waals surface area contributed by atoms with Gasteiger partial charge < -0.3 is 54.2 Å². The Balaban J connectivity index is 1.61. The minimum absolute atomic E-state index is 0.0370. The van der Waals surface area contributed by atoms with E-state index in [2.05, 4.69) is 11.9 Å².